The number of rotatable bonds is 3. The van der Waals surface area contributed by atoms with Crippen LogP contribution in [0, 0.1) is 6.92 Å². The Kier molecular flexibility index (Phi) is 5.07. The van der Waals surface area contributed by atoms with Gasteiger partial charge in [0, 0.05) is 10.6 Å². The third kappa shape index (κ3) is 3.86. The van der Waals surface area contributed by atoms with Crippen LogP contribution >= 0.6 is 11.3 Å². The van der Waals surface area contributed by atoms with Gasteiger partial charge in [-0.3, -0.25) is 14.2 Å². The number of amides is 1. The maximum atomic E-state index is 13.2. The first-order chi connectivity index (χ1) is 13.7. The second kappa shape index (κ2) is 7.41. The van der Waals surface area contributed by atoms with Crippen LogP contribution in [0.2, 0.25) is 0 Å². The standard InChI is InChI=1S/C23H27N3O2S/c1-14-24-21-20(17-7-5-6-8-18(17)29-21)22(28)26(14)13-19(27)25-16-11-9-15(10-12-16)23(2,3)4/h9-12H,5-8,13H2,1-4H3,(H,25,27). The summed E-state index contributed by atoms with van der Waals surface area (Å²) in [5, 5.41) is 3.62. The minimum Gasteiger partial charge on any atom is -0.325 e. The second-order valence-corrected chi connectivity index (χ2v) is 9.90. The van der Waals surface area contributed by atoms with Gasteiger partial charge in [-0.1, -0.05) is 32.9 Å². The summed E-state index contributed by atoms with van der Waals surface area (Å²) in [4.78, 5) is 32.6. The van der Waals surface area contributed by atoms with E-state index in [-0.39, 0.29) is 23.4 Å². The molecule has 0 unspecified atom stereocenters. The van der Waals surface area contributed by atoms with Crippen LogP contribution in [0.3, 0.4) is 0 Å². The van der Waals surface area contributed by atoms with Crippen molar-refractivity contribution < 1.29 is 4.79 Å². The average Bonchev–Trinajstić information content (AvgIpc) is 3.03. The lowest BCUT2D eigenvalue weighted by molar-refractivity contribution is -0.116. The summed E-state index contributed by atoms with van der Waals surface area (Å²) in [6, 6.07) is 7.87. The number of aromatic nitrogens is 2. The lowest BCUT2D eigenvalue weighted by atomic mass is 9.87. The van der Waals surface area contributed by atoms with Gasteiger partial charge in [-0.05, 0) is 61.3 Å². The van der Waals surface area contributed by atoms with Gasteiger partial charge in [0.1, 0.15) is 17.2 Å². The van der Waals surface area contributed by atoms with Crippen molar-refractivity contribution in [3.8, 4) is 0 Å². The molecule has 5 nitrogen and oxygen atoms in total. The van der Waals surface area contributed by atoms with Crippen LogP contribution in [0.4, 0.5) is 5.69 Å². The number of carbonyl (C=O) groups is 1. The predicted octanol–water partition coefficient (Wildman–Crippen LogP) is 4.58. The molecule has 0 aliphatic heterocycles. The molecule has 0 atom stereocenters. The number of carbonyl (C=O) groups excluding carboxylic acids is 1. The van der Waals surface area contributed by atoms with E-state index in [0.717, 1.165) is 40.7 Å². The van der Waals surface area contributed by atoms with Crippen molar-refractivity contribution in [2.45, 2.75) is 65.3 Å². The van der Waals surface area contributed by atoms with Crippen molar-refractivity contribution in [3.63, 3.8) is 0 Å². The molecule has 0 fully saturated rings. The quantitative estimate of drug-likeness (QED) is 0.689. The van der Waals surface area contributed by atoms with Crippen LogP contribution in [0.15, 0.2) is 29.1 Å². The van der Waals surface area contributed by atoms with Gasteiger partial charge >= 0.3 is 0 Å². The van der Waals surface area contributed by atoms with E-state index in [2.05, 4.69) is 31.1 Å². The van der Waals surface area contributed by atoms with E-state index in [1.54, 1.807) is 18.3 Å². The smallest absolute Gasteiger partial charge is 0.263 e. The minimum absolute atomic E-state index is 0.0285. The fraction of sp³-hybridized carbons (Fsp3) is 0.435. The summed E-state index contributed by atoms with van der Waals surface area (Å²) < 4.78 is 1.50. The van der Waals surface area contributed by atoms with Gasteiger partial charge in [0.05, 0.1) is 5.39 Å². The first-order valence-corrected chi connectivity index (χ1v) is 11.0. The molecule has 2 aromatic heterocycles. The van der Waals surface area contributed by atoms with Crippen LogP contribution in [-0.2, 0) is 29.6 Å². The van der Waals surface area contributed by atoms with E-state index in [0.29, 0.717) is 5.82 Å². The largest absolute Gasteiger partial charge is 0.325 e. The molecule has 4 rings (SSSR count). The SMILES string of the molecule is Cc1nc2sc3c(c2c(=O)n1CC(=O)Nc1ccc(C(C)(C)C)cc1)CCCC3. The topological polar surface area (TPSA) is 64.0 Å². The number of aryl methyl sites for hydroxylation is 3. The van der Waals surface area contributed by atoms with Crippen LogP contribution in [0.1, 0.15) is 55.4 Å². The number of thiophene rings is 1. The summed E-state index contributed by atoms with van der Waals surface area (Å²) in [5.41, 5.74) is 3.06. The fourth-order valence-corrected chi connectivity index (χ4v) is 5.22. The zero-order valence-electron chi connectivity index (χ0n) is 17.5. The Morgan fingerprint density at radius 2 is 1.86 bits per heavy atom. The number of fused-ring (bicyclic) bond motifs is 3. The highest BCUT2D eigenvalue weighted by Crippen LogP contribution is 2.33. The molecule has 3 aromatic rings. The van der Waals surface area contributed by atoms with E-state index in [4.69, 9.17) is 0 Å². The van der Waals surface area contributed by atoms with Crippen LogP contribution in [-0.4, -0.2) is 15.5 Å². The van der Waals surface area contributed by atoms with Crippen molar-refractivity contribution in [1.29, 1.82) is 0 Å². The molecular formula is C23H27N3O2S. The number of benzene rings is 1. The lowest BCUT2D eigenvalue weighted by Crippen LogP contribution is -2.30. The molecule has 0 spiro atoms. The summed E-state index contributed by atoms with van der Waals surface area (Å²) >= 11 is 1.64. The Bertz CT molecular complexity index is 1130. The fourth-order valence-electron chi connectivity index (χ4n) is 3.92. The Morgan fingerprint density at radius 3 is 2.55 bits per heavy atom. The van der Waals surface area contributed by atoms with Crippen molar-refractivity contribution in [3.05, 3.63) is 56.4 Å². The number of hydrogen-bond donors (Lipinski definition) is 1. The van der Waals surface area contributed by atoms with E-state index < -0.39 is 0 Å². The molecule has 1 aliphatic carbocycles. The molecule has 1 aromatic carbocycles. The van der Waals surface area contributed by atoms with Gasteiger partial charge < -0.3 is 5.32 Å². The third-order valence-corrected chi connectivity index (χ3v) is 6.79. The van der Waals surface area contributed by atoms with Crippen molar-refractivity contribution >= 4 is 33.1 Å². The molecule has 29 heavy (non-hydrogen) atoms. The number of nitrogens with zero attached hydrogens (tertiary/aromatic N) is 2. The summed E-state index contributed by atoms with van der Waals surface area (Å²) in [6.07, 6.45) is 4.24. The Morgan fingerprint density at radius 1 is 1.17 bits per heavy atom. The highest BCUT2D eigenvalue weighted by atomic mass is 32.1. The Hall–Kier alpha value is -2.47. The second-order valence-electron chi connectivity index (χ2n) is 8.82. The molecule has 2 heterocycles. The predicted molar refractivity (Wildman–Crippen MR) is 119 cm³/mol. The molecule has 0 radical (unpaired) electrons. The molecule has 0 saturated heterocycles. The van der Waals surface area contributed by atoms with Crippen molar-refractivity contribution in [2.24, 2.45) is 0 Å². The van der Waals surface area contributed by atoms with Gasteiger partial charge in [0.2, 0.25) is 5.91 Å². The number of anilines is 1. The zero-order chi connectivity index (χ0) is 20.8. The lowest BCUT2D eigenvalue weighted by Gasteiger charge is -2.19. The maximum Gasteiger partial charge on any atom is 0.263 e. The molecule has 0 saturated carbocycles. The van der Waals surface area contributed by atoms with Crippen LogP contribution in [0.5, 0.6) is 0 Å². The molecule has 6 heteroatoms. The van der Waals surface area contributed by atoms with E-state index in [1.165, 1.54) is 21.4 Å². The Balaban J connectivity index is 1.59. The first-order valence-electron chi connectivity index (χ1n) is 10.2. The summed E-state index contributed by atoms with van der Waals surface area (Å²) in [5.74, 6) is 0.364. The highest BCUT2D eigenvalue weighted by molar-refractivity contribution is 7.18. The molecule has 1 aliphatic rings. The normalized spacial score (nSPS) is 14.1. The first kappa shape index (κ1) is 19.8. The van der Waals surface area contributed by atoms with Crippen molar-refractivity contribution in [2.75, 3.05) is 5.32 Å². The number of nitrogens with one attached hydrogen (secondary N) is 1. The van der Waals surface area contributed by atoms with Crippen LogP contribution < -0.4 is 10.9 Å². The van der Waals surface area contributed by atoms with Gasteiger partial charge in [-0.25, -0.2) is 4.98 Å². The van der Waals surface area contributed by atoms with E-state index >= 15 is 0 Å². The molecule has 0 bridgehead atoms. The third-order valence-electron chi connectivity index (χ3n) is 5.60. The summed E-state index contributed by atoms with van der Waals surface area (Å²) in [7, 11) is 0. The molecule has 1 amide bonds. The maximum absolute atomic E-state index is 13.2. The molecular weight excluding hydrogens is 382 g/mol. The van der Waals surface area contributed by atoms with Gasteiger partial charge in [-0.2, -0.15) is 0 Å². The average molecular weight is 410 g/mol. The van der Waals surface area contributed by atoms with Gasteiger partial charge in [0.15, 0.2) is 0 Å². The highest BCUT2D eigenvalue weighted by Gasteiger charge is 2.22. The van der Waals surface area contributed by atoms with Crippen LogP contribution in [0.25, 0.3) is 10.2 Å². The zero-order valence-corrected chi connectivity index (χ0v) is 18.3. The monoisotopic (exact) mass is 409 g/mol. The van der Waals surface area contributed by atoms with E-state index in [1.807, 2.05) is 24.3 Å². The van der Waals surface area contributed by atoms with Crippen molar-refractivity contribution in [1.82, 2.24) is 9.55 Å². The molecule has 152 valence electrons. The summed E-state index contributed by atoms with van der Waals surface area (Å²) in [6.45, 7) is 8.23. The minimum atomic E-state index is -0.219. The van der Waals surface area contributed by atoms with Gasteiger partial charge in [-0.15, -0.1) is 11.3 Å². The van der Waals surface area contributed by atoms with E-state index in [9.17, 15) is 9.59 Å². The Labute approximate surface area is 174 Å². The number of hydrogen-bond acceptors (Lipinski definition) is 4. The molecule has 1 N–H and O–H groups in total. The van der Waals surface area contributed by atoms with Gasteiger partial charge in [0.25, 0.3) is 5.56 Å².